The van der Waals surface area contributed by atoms with Gasteiger partial charge in [-0.1, -0.05) is 36.1 Å². The Morgan fingerprint density at radius 2 is 1.81 bits per heavy atom. The second-order valence-corrected chi connectivity index (χ2v) is 5.85. The van der Waals surface area contributed by atoms with Crippen LogP contribution in [0.5, 0.6) is 0 Å². The van der Waals surface area contributed by atoms with Crippen LogP contribution in [0.15, 0.2) is 48.5 Å². The van der Waals surface area contributed by atoms with Crippen LogP contribution in [0.2, 0.25) is 0 Å². The van der Waals surface area contributed by atoms with Gasteiger partial charge in [0.2, 0.25) is 11.8 Å². The van der Waals surface area contributed by atoms with Gasteiger partial charge in [-0.05, 0) is 29.8 Å². The van der Waals surface area contributed by atoms with Gasteiger partial charge in [0.15, 0.2) is 0 Å². The average molecular weight is 368 g/mol. The quantitative estimate of drug-likeness (QED) is 0.767. The van der Waals surface area contributed by atoms with E-state index in [0.29, 0.717) is 12.1 Å². The van der Waals surface area contributed by atoms with Gasteiger partial charge in [0.05, 0.1) is 12.2 Å². The van der Waals surface area contributed by atoms with Crippen molar-refractivity contribution < 1.29 is 18.7 Å². The number of hydrogen-bond donors (Lipinski definition) is 2. The summed E-state index contributed by atoms with van der Waals surface area (Å²) in [7, 11) is 1.46. The molecule has 6 heteroatoms. The van der Waals surface area contributed by atoms with Gasteiger partial charge in [0.1, 0.15) is 11.9 Å². The van der Waals surface area contributed by atoms with Gasteiger partial charge >= 0.3 is 0 Å². The minimum atomic E-state index is -0.738. The summed E-state index contributed by atoms with van der Waals surface area (Å²) in [6.45, 7) is 1.74. The summed E-state index contributed by atoms with van der Waals surface area (Å²) in [4.78, 5) is 23.3. The van der Waals surface area contributed by atoms with Crippen molar-refractivity contribution in [2.75, 3.05) is 13.7 Å². The first-order valence-corrected chi connectivity index (χ1v) is 8.39. The number of amides is 2. The number of hydrogen-bond acceptors (Lipinski definition) is 3. The Hall–Kier alpha value is -3.17. The smallest absolute Gasteiger partial charge is 0.245 e. The normalized spacial score (nSPS) is 11.1. The van der Waals surface area contributed by atoms with Crippen LogP contribution in [0.3, 0.4) is 0 Å². The fraction of sp³-hybridized carbons (Fsp3) is 0.238. The second kappa shape index (κ2) is 10.1. The van der Waals surface area contributed by atoms with Crippen LogP contribution in [0.1, 0.15) is 23.6 Å². The molecule has 1 atom stereocenters. The van der Waals surface area contributed by atoms with Crippen molar-refractivity contribution in [3.8, 4) is 11.8 Å². The van der Waals surface area contributed by atoms with Crippen LogP contribution in [0, 0.1) is 17.7 Å². The maximum atomic E-state index is 13.6. The predicted molar refractivity (Wildman–Crippen MR) is 100 cm³/mol. The molecule has 0 fully saturated rings. The molecule has 0 bridgehead atoms. The molecule has 2 N–H and O–H groups in total. The first kappa shape index (κ1) is 20.1. The van der Waals surface area contributed by atoms with E-state index in [9.17, 15) is 14.0 Å². The number of nitrogens with one attached hydrogen (secondary N) is 2. The fourth-order valence-corrected chi connectivity index (χ4v) is 2.32. The van der Waals surface area contributed by atoms with Crippen molar-refractivity contribution in [3.63, 3.8) is 0 Å². The van der Waals surface area contributed by atoms with Gasteiger partial charge in [0, 0.05) is 26.1 Å². The van der Waals surface area contributed by atoms with E-state index in [1.807, 2.05) is 12.1 Å². The van der Waals surface area contributed by atoms with E-state index in [-0.39, 0.29) is 24.2 Å². The largest absolute Gasteiger partial charge is 0.382 e. The topological polar surface area (TPSA) is 67.4 Å². The number of benzene rings is 2. The van der Waals surface area contributed by atoms with Gasteiger partial charge in [-0.3, -0.25) is 9.59 Å². The van der Waals surface area contributed by atoms with Crippen LogP contribution in [0.25, 0.3) is 0 Å². The summed E-state index contributed by atoms with van der Waals surface area (Å²) in [5.41, 5.74) is 1.96. The molecule has 140 valence electrons. The third-order valence-corrected chi connectivity index (χ3v) is 3.66. The van der Waals surface area contributed by atoms with E-state index in [1.54, 1.807) is 30.3 Å². The number of carbonyl (C=O) groups excluding carboxylic acids is 2. The molecule has 0 saturated carbocycles. The summed E-state index contributed by atoms with van der Waals surface area (Å²) in [5, 5.41) is 5.29. The molecule has 2 aromatic carbocycles. The molecule has 0 unspecified atom stereocenters. The van der Waals surface area contributed by atoms with E-state index >= 15 is 0 Å². The Labute approximate surface area is 157 Å². The highest BCUT2D eigenvalue weighted by atomic mass is 19.1. The molecular formula is C21H21FN2O3. The van der Waals surface area contributed by atoms with Crippen molar-refractivity contribution in [2.24, 2.45) is 0 Å². The van der Waals surface area contributed by atoms with Gasteiger partial charge in [-0.25, -0.2) is 4.39 Å². The highest BCUT2D eigenvalue weighted by Crippen LogP contribution is 2.06. The van der Waals surface area contributed by atoms with Gasteiger partial charge in [-0.15, -0.1) is 0 Å². The van der Waals surface area contributed by atoms with Crippen LogP contribution in [-0.2, 0) is 20.9 Å². The first-order chi connectivity index (χ1) is 13.0. The number of methoxy groups -OCH3 is 1. The molecule has 2 rings (SSSR count). The van der Waals surface area contributed by atoms with E-state index < -0.39 is 6.04 Å². The standard InChI is InChI=1S/C21H21FN2O3/c1-15(25)24-20(14-27-2)21(26)23-13-17-9-7-16(8-10-17)11-12-18-5-3-4-6-19(18)22/h3-10,20H,13-14H2,1-2H3,(H,23,26)(H,24,25)/t20-/m1/s1. The molecule has 2 amide bonds. The van der Waals surface area contributed by atoms with Crippen molar-refractivity contribution in [2.45, 2.75) is 19.5 Å². The van der Waals surface area contributed by atoms with Crippen LogP contribution in [-0.4, -0.2) is 31.6 Å². The monoisotopic (exact) mass is 368 g/mol. The van der Waals surface area contributed by atoms with Crippen LogP contribution >= 0.6 is 0 Å². The summed E-state index contributed by atoms with van der Waals surface area (Å²) in [5.74, 6) is 4.73. The molecule has 0 aliphatic carbocycles. The molecule has 2 aromatic rings. The minimum Gasteiger partial charge on any atom is -0.382 e. The lowest BCUT2D eigenvalue weighted by Crippen LogP contribution is -2.48. The Bertz CT molecular complexity index is 854. The minimum absolute atomic E-state index is 0.0932. The third-order valence-electron chi connectivity index (χ3n) is 3.66. The highest BCUT2D eigenvalue weighted by Gasteiger charge is 2.18. The second-order valence-electron chi connectivity index (χ2n) is 5.85. The lowest BCUT2D eigenvalue weighted by molar-refractivity contribution is -0.129. The van der Waals surface area contributed by atoms with Crippen molar-refractivity contribution in [3.05, 3.63) is 71.0 Å². The zero-order valence-electron chi connectivity index (χ0n) is 15.2. The molecule has 27 heavy (non-hydrogen) atoms. The molecule has 0 saturated heterocycles. The Kier molecular flexibility index (Phi) is 7.53. The van der Waals surface area contributed by atoms with Crippen molar-refractivity contribution in [1.29, 1.82) is 0 Å². The van der Waals surface area contributed by atoms with E-state index in [2.05, 4.69) is 22.5 Å². The van der Waals surface area contributed by atoms with Gasteiger partial charge in [-0.2, -0.15) is 0 Å². The highest BCUT2D eigenvalue weighted by molar-refractivity contribution is 5.86. The summed E-state index contributed by atoms with van der Waals surface area (Å²) in [6.07, 6.45) is 0. The zero-order valence-corrected chi connectivity index (χ0v) is 15.2. The lowest BCUT2D eigenvalue weighted by atomic mass is 10.1. The Balaban J connectivity index is 1.95. The van der Waals surface area contributed by atoms with Gasteiger partial charge in [0.25, 0.3) is 0 Å². The summed E-state index contributed by atoms with van der Waals surface area (Å²) < 4.78 is 18.5. The molecule has 0 radical (unpaired) electrons. The van der Waals surface area contributed by atoms with Crippen LogP contribution < -0.4 is 10.6 Å². The fourth-order valence-electron chi connectivity index (χ4n) is 2.32. The Morgan fingerprint density at radius 1 is 1.11 bits per heavy atom. The summed E-state index contributed by atoms with van der Waals surface area (Å²) in [6, 6.07) is 12.9. The maximum absolute atomic E-state index is 13.6. The van der Waals surface area contributed by atoms with Crippen molar-refractivity contribution in [1.82, 2.24) is 10.6 Å². The number of halogens is 1. The molecule has 0 aliphatic heterocycles. The zero-order chi connectivity index (χ0) is 19.6. The summed E-state index contributed by atoms with van der Waals surface area (Å²) >= 11 is 0. The van der Waals surface area contributed by atoms with E-state index in [0.717, 1.165) is 11.1 Å². The number of rotatable bonds is 6. The third kappa shape index (κ3) is 6.57. The lowest BCUT2D eigenvalue weighted by Gasteiger charge is -2.16. The molecule has 0 aromatic heterocycles. The Morgan fingerprint density at radius 3 is 2.44 bits per heavy atom. The predicted octanol–water partition coefficient (Wildman–Crippen LogP) is 1.99. The van der Waals surface area contributed by atoms with E-state index in [1.165, 1.54) is 20.1 Å². The average Bonchev–Trinajstić information content (AvgIpc) is 2.65. The molecule has 5 nitrogen and oxygen atoms in total. The molecule has 0 spiro atoms. The van der Waals surface area contributed by atoms with Crippen molar-refractivity contribution >= 4 is 11.8 Å². The maximum Gasteiger partial charge on any atom is 0.245 e. The van der Waals surface area contributed by atoms with E-state index in [4.69, 9.17) is 4.74 Å². The number of carbonyl (C=O) groups is 2. The SMILES string of the molecule is COC[C@@H](NC(C)=O)C(=O)NCc1ccc(C#Cc2ccccc2F)cc1. The van der Waals surface area contributed by atoms with Crippen LogP contribution in [0.4, 0.5) is 4.39 Å². The molecule has 0 aliphatic rings. The molecule has 0 heterocycles. The molecular weight excluding hydrogens is 347 g/mol. The first-order valence-electron chi connectivity index (χ1n) is 8.39. The number of ether oxygens (including phenoxy) is 1. The van der Waals surface area contributed by atoms with Gasteiger partial charge < -0.3 is 15.4 Å².